The molecule has 0 bridgehead atoms. The van der Waals surface area contributed by atoms with E-state index in [0.29, 0.717) is 18.7 Å². The number of methoxy groups -OCH3 is 1. The first kappa shape index (κ1) is 19.0. The molecule has 5 nitrogen and oxygen atoms in total. The molecule has 0 unspecified atom stereocenters. The van der Waals surface area contributed by atoms with E-state index in [1.54, 1.807) is 19.5 Å². The summed E-state index contributed by atoms with van der Waals surface area (Å²) in [5.41, 5.74) is 4.00. The number of rotatable bonds is 8. The standard InChI is InChI=1S/C22H27N3O2/c1-27-21-9-7-18(8-10-21)14-25-20-13-19(15-23-16-20)22(26)24-12-11-17-5-3-2-4-6-17/h5,7-10,13,15-16,25H,2-4,6,11-12,14H2,1H3,(H,24,26). The summed E-state index contributed by atoms with van der Waals surface area (Å²) in [6.07, 6.45) is 11.5. The van der Waals surface area contributed by atoms with Gasteiger partial charge in [0.25, 0.3) is 5.91 Å². The Morgan fingerprint density at radius 1 is 1.19 bits per heavy atom. The second-order valence-electron chi connectivity index (χ2n) is 6.78. The van der Waals surface area contributed by atoms with Crippen molar-refractivity contribution >= 4 is 11.6 Å². The van der Waals surface area contributed by atoms with Gasteiger partial charge in [0.15, 0.2) is 0 Å². The Kier molecular flexibility index (Phi) is 6.85. The third kappa shape index (κ3) is 5.84. The van der Waals surface area contributed by atoms with Crippen LogP contribution in [0.4, 0.5) is 5.69 Å². The van der Waals surface area contributed by atoms with Crippen molar-refractivity contribution in [1.29, 1.82) is 0 Å². The average molecular weight is 365 g/mol. The van der Waals surface area contributed by atoms with Gasteiger partial charge in [0.1, 0.15) is 5.75 Å². The smallest absolute Gasteiger partial charge is 0.252 e. The molecule has 5 heteroatoms. The molecule has 2 N–H and O–H groups in total. The highest BCUT2D eigenvalue weighted by molar-refractivity contribution is 5.94. The van der Waals surface area contributed by atoms with Gasteiger partial charge in [0.2, 0.25) is 0 Å². The first-order chi connectivity index (χ1) is 13.2. The van der Waals surface area contributed by atoms with Crippen molar-refractivity contribution in [2.24, 2.45) is 0 Å². The zero-order chi connectivity index (χ0) is 18.9. The predicted molar refractivity (Wildman–Crippen MR) is 108 cm³/mol. The predicted octanol–water partition coefficient (Wildman–Crippen LogP) is 4.32. The Balaban J connectivity index is 1.49. The largest absolute Gasteiger partial charge is 0.497 e. The van der Waals surface area contributed by atoms with Crippen LogP contribution in [0.15, 0.2) is 54.4 Å². The van der Waals surface area contributed by atoms with Gasteiger partial charge in [-0.15, -0.1) is 0 Å². The molecule has 1 amide bonds. The van der Waals surface area contributed by atoms with Crippen LogP contribution in [0.2, 0.25) is 0 Å². The number of benzene rings is 1. The number of hydrogen-bond acceptors (Lipinski definition) is 4. The Morgan fingerprint density at radius 3 is 2.78 bits per heavy atom. The van der Waals surface area contributed by atoms with Crippen LogP contribution in [0, 0.1) is 0 Å². The Labute approximate surface area is 160 Å². The lowest BCUT2D eigenvalue weighted by Crippen LogP contribution is -2.25. The first-order valence-electron chi connectivity index (χ1n) is 9.52. The number of amides is 1. The maximum Gasteiger partial charge on any atom is 0.252 e. The van der Waals surface area contributed by atoms with Gasteiger partial charge >= 0.3 is 0 Å². The molecule has 0 atom stereocenters. The van der Waals surface area contributed by atoms with Crippen molar-refractivity contribution in [3.63, 3.8) is 0 Å². The van der Waals surface area contributed by atoms with Crippen LogP contribution in [0.5, 0.6) is 5.75 Å². The number of ether oxygens (including phenoxy) is 1. The molecular weight excluding hydrogens is 338 g/mol. The molecule has 0 aliphatic heterocycles. The van der Waals surface area contributed by atoms with Crippen LogP contribution in [0.1, 0.15) is 48.0 Å². The number of nitrogens with one attached hydrogen (secondary N) is 2. The van der Waals surface area contributed by atoms with E-state index in [9.17, 15) is 4.79 Å². The van der Waals surface area contributed by atoms with Gasteiger partial charge in [-0.05, 0) is 55.9 Å². The number of carbonyl (C=O) groups excluding carboxylic acids is 1. The molecule has 1 aliphatic rings. The molecule has 0 radical (unpaired) electrons. The maximum atomic E-state index is 12.4. The summed E-state index contributed by atoms with van der Waals surface area (Å²) in [4.78, 5) is 16.6. The number of aromatic nitrogens is 1. The van der Waals surface area contributed by atoms with Gasteiger partial charge in [-0.2, -0.15) is 0 Å². The van der Waals surface area contributed by atoms with Crippen LogP contribution in [0.25, 0.3) is 0 Å². The lowest BCUT2D eigenvalue weighted by molar-refractivity contribution is 0.0953. The molecule has 0 fully saturated rings. The van der Waals surface area contributed by atoms with E-state index in [0.717, 1.165) is 23.4 Å². The Bertz CT molecular complexity index is 784. The van der Waals surface area contributed by atoms with E-state index < -0.39 is 0 Å². The number of carbonyl (C=O) groups is 1. The van der Waals surface area contributed by atoms with Gasteiger partial charge < -0.3 is 15.4 Å². The Morgan fingerprint density at radius 2 is 2.04 bits per heavy atom. The summed E-state index contributed by atoms with van der Waals surface area (Å²) in [6.45, 7) is 1.33. The van der Waals surface area contributed by atoms with Crippen molar-refractivity contribution in [3.05, 3.63) is 65.5 Å². The fraction of sp³-hybridized carbons (Fsp3) is 0.364. The molecule has 3 rings (SSSR count). The van der Waals surface area contributed by atoms with E-state index in [4.69, 9.17) is 4.74 Å². The average Bonchev–Trinajstić information content (AvgIpc) is 2.73. The first-order valence-corrected chi connectivity index (χ1v) is 9.52. The normalized spacial score (nSPS) is 13.6. The van der Waals surface area contributed by atoms with Gasteiger partial charge in [-0.25, -0.2) is 0 Å². The minimum atomic E-state index is -0.0768. The van der Waals surface area contributed by atoms with Crippen LogP contribution >= 0.6 is 0 Å². The van der Waals surface area contributed by atoms with Crippen LogP contribution in [-0.2, 0) is 6.54 Å². The van der Waals surface area contributed by atoms with Gasteiger partial charge in [0.05, 0.1) is 18.4 Å². The molecule has 2 aromatic rings. The number of anilines is 1. The summed E-state index contributed by atoms with van der Waals surface area (Å²) in [7, 11) is 1.65. The van der Waals surface area contributed by atoms with Gasteiger partial charge in [-0.3, -0.25) is 9.78 Å². The van der Waals surface area contributed by atoms with Crippen molar-refractivity contribution in [2.45, 2.75) is 38.6 Å². The molecule has 27 heavy (non-hydrogen) atoms. The zero-order valence-electron chi connectivity index (χ0n) is 15.8. The maximum absolute atomic E-state index is 12.4. The summed E-state index contributed by atoms with van der Waals surface area (Å²) in [5, 5.41) is 6.31. The lowest BCUT2D eigenvalue weighted by atomic mass is 9.97. The minimum Gasteiger partial charge on any atom is -0.497 e. The molecule has 1 aromatic carbocycles. The van der Waals surface area contributed by atoms with E-state index in [2.05, 4.69) is 21.7 Å². The van der Waals surface area contributed by atoms with E-state index >= 15 is 0 Å². The van der Waals surface area contributed by atoms with Crippen molar-refractivity contribution in [2.75, 3.05) is 19.0 Å². The number of pyridine rings is 1. The van der Waals surface area contributed by atoms with Crippen LogP contribution in [0.3, 0.4) is 0 Å². The zero-order valence-corrected chi connectivity index (χ0v) is 15.8. The molecule has 0 saturated heterocycles. The fourth-order valence-corrected chi connectivity index (χ4v) is 3.18. The van der Waals surface area contributed by atoms with E-state index in [1.165, 1.54) is 31.3 Å². The second kappa shape index (κ2) is 9.76. The molecular formula is C22H27N3O2. The van der Waals surface area contributed by atoms with Crippen LogP contribution < -0.4 is 15.4 Å². The quantitative estimate of drug-likeness (QED) is 0.684. The monoisotopic (exact) mass is 365 g/mol. The number of allylic oxidation sites excluding steroid dienone is 1. The highest BCUT2D eigenvalue weighted by Crippen LogP contribution is 2.19. The number of nitrogens with zero attached hydrogens (tertiary/aromatic N) is 1. The molecule has 1 heterocycles. The second-order valence-corrected chi connectivity index (χ2v) is 6.78. The summed E-state index contributed by atoms with van der Waals surface area (Å²) in [5.74, 6) is 0.759. The van der Waals surface area contributed by atoms with E-state index in [-0.39, 0.29) is 5.91 Å². The summed E-state index contributed by atoms with van der Waals surface area (Å²) >= 11 is 0. The molecule has 1 aromatic heterocycles. The molecule has 142 valence electrons. The SMILES string of the molecule is COc1ccc(CNc2cncc(C(=O)NCCC3=CCCCC3)c2)cc1. The molecule has 0 saturated carbocycles. The van der Waals surface area contributed by atoms with Crippen molar-refractivity contribution in [3.8, 4) is 5.75 Å². The number of hydrogen-bond donors (Lipinski definition) is 2. The van der Waals surface area contributed by atoms with Gasteiger partial charge in [-0.1, -0.05) is 23.8 Å². The highest BCUT2D eigenvalue weighted by atomic mass is 16.5. The van der Waals surface area contributed by atoms with Crippen molar-refractivity contribution < 1.29 is 9.53 Å². The van der Waals surface area contributed by atoms with E-state index in [1.807, 2.05) is 30.3 Å². The third-order valence-corrected chi connectivity index (χ3v) is 4.77. The van der Waals surface area contributed by atoms with Crippen LogP contribution in [-0.4, -0.2) is 24.5 Å². The topological polar surface area (TPSA) is 63.2 Å². The summed E-state index contributed by atoms with van der Waals surface area (Å²) < 4.78 is 5.17. The summed E-state index contributed by atoms with van der Waals surface area (Å²) in [6, 6.07) is 9.72. The molecule has 1 aliphatic carbocycles. The third-order valence-electron chi connectivity index (χ3n) is 4.77. The molecule has 0 spiro atoms. The lowest BCUT2D eigenvalue weighted by Gasteiger charge is -2.13. The fourth-order valence-electron chi connectivity index (χ4n) is 3.18. The Hall–Kier alpha value is -2.82. The van der Waals surface area contributed by atoms with Crippen molar-refractivity contribution in [1.82, 2.24) is 10.3 Å². The highest BCUT2D eigenvalue weighted by Gasteiger charge is 2.08. The van der Waals surface area contributed by atoms with Gasteiger partial charge in [0, 0.05) is 25.5 Å². The minimum absolute atomic E-state index is 0.0768.